The zero-order valence-corrected chi connectivity index (χ0v) is 13.1. The Morgan fingerprint density at radius 2 is 2.15 bits per heavy atom. The van der Waals surface area contributed by atoms with Gasteiger partial charge in [-0.2, -0.15) is 4.98 Å². The summed E-state index contributed by atoms with van der Waals surface area (Å²) in [6, 6.07) is 1.90. The summed E-state index contributed by atoms with van der Waals surface area (Å²) in [4.78, 5) is 9.03. The molecule has 0 aliphatic heterocycles. The van der Waals surface area contributed by atoms with E-state index >= 15 is 0 Å². The summed E-state index contributed by atoms with van der Waals surface area (Å²) in [5, 5.41) is 3.09. The molecule has 20 heavy (non-hydrogen) atoms. The highest BCUT2D eigenvalue weighted by atomic mass is 16.5. The second kappa shape index (κ2) is 6.91. The Hall–Kier alpha value is -1.32. The van der Waals surface area contributed by atoms with E-state index in [1.54, 1.807) is 0 Å². The molecule has 1 heterocycles. The molecule has 2 rings (SSSR count). The van der Waals surface area contributed by atoms with Crippen LogP contribution in [0.4, 0.5) is 5.82 Å². The number of hydrogen-bond donors (Lipinski definition) is 1. The van der Waals surface area contributed by atoms with Crippen molar-refractivity contribution in [3.05, 3.63) is 11.9 Å². The van der Waals surface area contributed by atoms with Crippen LogP contribution >= 0.6 is 0 Å². The van der Waals surface area contributed by atoms with Crippen LogP contribution in [0.3, 0.4) is 0 Å². The van der Waals surface area contributed by atoms with Crippen molar-refractivity contribution in [2.45, 2.75) is 64.9 Å². The van der Waals surface area contributed by atoms with Gasteiger partial charge < -0.3 is 10.1 Å². The van der Waals surface area contributed by atoms with Crippen LogP contribution in [0.5, 0.6) is 5.88 Å². The normalized spacial score (nSPS) is 22.9. The first-order valence-electron chi connectivity index (χ1n) is 7.85. The van der Waals surface area contributed by atoms with E-state index in [-0.39, 0.29) is 0 Å². The fourth-order valence-electron chi connectivity index (χ4n) is 2.78. The van der Waals surface area contributed by atoms with Gasteiger partial charge in [0.25, 0.3) is 0 Å². The molecule has 0 saturated heterocycles. The molecule has 1 saturated carbocycles. The molecule has 1 aromatic rings. The van der Waals surface area contributed by atoms with Gasteiger partial charge in [0.05, 0.1) is 0 Å². The highest BCUT2D eigenvalue weighted by Gasteiger charge is 2.23. The smallest absolute Gasteiger partial charge is 0.219 e. The maximum Gasteiger partial charge on any atom is 0.219 e. The number of aromatic nitrogens is 2. The lowest BCUT2D eigenvalue weighted by molar-refractivity contribution is 0.116. The third kappa shape index (κ3) is 3.84. The predicted molar refractivity (Wildman–Crippen MR) is 82.3 cm³/mol. The van der Waals surface area contributed by atoms with Crippen molar-refractivity contribution in [1.82, 2.24) is 9.97 Å². The highest BCUT2D eigenvalue weighted by Crippen LogP contribution is 2.30. The minimum atomic E-state index is 0.306. The second-order valence-electron chi connectivity index (χ2n) is 6.04. The van der Waals surface area contributed by atoms with Crippen molar-refractivity contribution in [3.63, 3.8) is 0 Å². The summed E-state index contributed by atoms with van der Waals surface area (Å²) in [6.07, 6.45) is 6.48. The third-order valence-electron chi connectivity index (χ3n) is 4.09. The molecule has 4 nitrogen and oxygen atoms in total. The average molecular weight is 277 g/mol. The number of rotatable bonds is 5. The zero-order chi connectivity index (χ0) is 14.5. The molecule has 0 spiro atoms. The van der Waals surface area contributed by atoms with E-state index in [4.69, 9.17) is 4.74 Å². The van der Waals surface area contributed by atoms with Crippen molar-refractivity contribution in [2.75, 3.05) is 12.4 Å². The summed E-state index contributed by atoms with van der Waals surface area (Å²) in [5.74, 6) is 3.51. The lowest BCUT2D eigenvalue weighted by Crippen LogP contribution is -2.25. The summed E-state index contributed by atoms with van der Waals surface area (Å²) in [7, 11) is 1.88. The first kappa shape index (κ1) is 15.1. The molecule has 4 heteroatoms. The van der Waals surface area contributed by atoms with E-state index in [0.717, 1.165) is 36.3 Å². The molecule has 112 valence electrons. The number of nitrogens with zero attached hydrogens (tertiary/aromatic N) is 2. The van der Waals surface area contributed by atoms with Gasteiger partial charge in [-0.05, 0) is 25.2 Å². The molecule has 0 bridgehead atoms. The van der Waals surface area contributed by atoms with Gasteiger partial charge in [0.15, 0.2) is 0 Å². The van der Waals surface area contributed by atoms with Gasteiger partial charge >= 0.3 is 0 Å². The van der Waals surface area contributed by atoms with Gasteiger partial charge in [-0.1, -0.05) is 33.6 Å². The van der Waals surface area contributed by atoms with Crippen LogP contribution in [0, 0.1) is 5.92 Å². The van der Waals surface area contributed by atoms with Crippen molar-refractivity contribution in [3.8, 4) is 5.88 Å². The van der Waals surface area contributed by atoms with E-state index in [2.05, 4.69) is 36.1 Å². The second-order valence-corrected chi connectivity index (χ2v) is 6.04. The molecule has 1 N–H and O–H groups in total. The quantitative estimate of drug-likeness (QED) is 0.884. The first-order chi connectivity index (χ1) is 9.62. The van der Waals surface area contributed by atoms with Crippen LogP contribution in [0.2, 0.25) is 0 Å². The molecule has 0 radical (unpaired) electrons. The SMILES string of the molecule is CCC1CCCC(Oc2cc(NC)nc(C(C)C)n2)C1. The Balaban J connectivity index is 2.09. The van der Waals surface area contributed by atoms with Crippen molar-refractivity contribution in [2.24, 2.45) is 5.92 Å². The number of anilines is 1. The molecule has 0 amide bonds. The van der Waals surface area contributed by atoms with E-state index in [1.165, 1.54) is 19.3 Å². The maximum absolute atomic E-state index is 6.13. The predicted octanol–water partition coefficient (Wildman–Crippen LogP) is 3.99. The van der Waals surface area contributed by atoms with Gasteiger partial charge in [-0.15, -0.1) is 0 Å². The fraction of sp³-hybridized carbons (Fsp3) is 0.750. The van der Waals surface area contributed by atoms with Crippen LogP contribution in [0.15, 0.2) is 6.07 Å². The Morgan fingerprint density at radius 1 is 1.35 bits per heavy atom. The topological polar surface area (TPSA) is 47.0 Å². The van der Waals surface area contributed by atoms with Crippen LogP contribution in [-0.2, 0) is 0 Å². The highest BCUT2D eigenvalue weighted by molar-refractivity contribution is 5.38. The Morgan fingerprint density at radius 3 is 2.80 bits per heavy atom. The summed E-state index contributed by atoms with van der Waals surface area (Å²) >= 11 is 0. The van der Waals surface area contributed by atoms with Crippen molar-refractivity contribution in [1.29, 1.82) is 0 Å². The summed E-state index contributed by atoms with van der Waals surface area (Å²) < 4.78 is 6.13. The largest absolute Gasteiger partial charge is 0.474 e. The third-order valence-corrected chi connectivity index (χ3v) is 4.09. The average Bonchev–Trinajstić information content (AvgIpc) is 2.47. The van der Waals surface area contributed by atoms with Crippen LogP contribution in [0.1, 0.15) is 64.6 Å². The maximum atomic E-state index is 6.13. The van der Waals surface area contributed by atoms with Gasteiger partial charge in [-0.3, -0.25) is 0 Å². The summed E-state index contributed by atoms with van der Waals surface area (Å²) in [5.41, 5.74) is 0. The molecule has 0 aromatic carbocycles. The lowest BCUT2D eigenvalue weighted by Gasteiger charge is -2.28. The molecule has 1 fully saturated rings. The molecule has 1 aliphatic rings. The molecular weight excluding hydrogens is 250 g/mol. The monoisotopic (exact) mass is 277 g/mol. The zero-order valence-electron chi connectivity index (χ0n) is 13.1. The first-order valence-corrected chi connectivity index (χ1v) is 7.85. The molecule has 2 atom stereocenters. The van der Waals surface area contributed by atoms with Gasteiger partial charge in [0.2, 0.25) is 5.88 Å². The Labute approximate surface area is 122 Å². The van der Waals surface area contributed by atoms with Crippen molar-refractivity contribution < 1.29 is 4.74 Å². The number of hydrogen-bond acceptors (Lipinski definition) is 4. The van der Waals surface area contributed by atoms with E-state index < -0.39 is 0 Å². The van der Waals surface area contributed by atoms with Gasteiger partial charge in [0, 0.05) is 19.0 Å². The molecule has 1 aromatic heterocycles. The molecule has 2 unspecified atom stereocenters. The van der Waals surface area contributed by atoms with E-state index in [1.807, 2.05) is 13.1 Å². The van der Waals surface area contributed by atoms with Crippen LogP contribution in [0.25, 0.3) is 0 Å². The van der Waals surface area contributed by atoms with E-state index in [0.29, 0.717) is 12.0 Å². The van der Waals surface area contributed by atoms with E-state index in [9.17, 15) is 0 Å². The number of ether oxygens (including phenoxy) is 1. The number of nitrogens with one attached hydrogen (secondary N) is 1. The Bertz CT molecular complexity index is 434. The Kier molecular flexibility index (Phi) is 5.21. The lowest BCUT2D eigenvalue weighted by atomic mass is 9.85. The van der Waals surface area contributed by atoms with Crippen molar-refractivity contribution >= 4 is 5.82 Å². The fourth-order valence-corrected chi connectivity index (χ4v) is 2.78. The van der Waals surface area contributed by atoms with Gasteiger partial charge in [-0.25, -0.2) is 4.98 Å². The molecular formula is C16H27N3O. The standard InChI is InChI=1S/C16H27N3O/c1-5-12-7-6-8-13(9-12)20-15-10-14(17-4)18-16(19-15)11(2)3/h10-13H,5-9H2,1-4H3,(H,17,18,19). The minimum absolute atomic E-state index is 0.306. The van der Waals surface area contributed by atoms with Crippen LogP contribution in [-0.4, -0.2) is 23.1 Å². The van der Waals surface area contributed by atoms with Gasteiger partial charge in [0.1, 0.15) is 17.7 Å². The summed E-state index contributed by atoms with van der Waals surface area (Å²) in [6.45, 7) is 6.48. The minimum Gasteiger partial charge on any atom is -0.474 e. The molecule has 1 aliphatic carbocycles. The van der Waals surface area contributed by atoms with Crippen LogP contribution < -0.4 is 10.1 Å².